The Morgan fingerprint density at radius 2 is 1.92 bits per heavy atom. The quantitative estimate of drug-likeness (QED) is 0.368. The summed E-state index contributed by atoms with van der Waals surface area (Å²) in [5, 5.41) is 5.69. The molecule has 204 valence electrons. The van der Waals surface area contributed by atoms with Crippen molar-refractivity contribution in [2.45, 2.75) is 38.2 Å². The molecule has 38 heavy (non-hydrogen) atoms. The van der Waals surface area contributed by atoms with Crippen molar-refractivity contribution in [3.05, 3.63) is 47.7 Å². The monoisotopic (exact) mass is 561 g/mol. The molecule has 2 N–H and O–H groups in total. The molecule has 3 aromatic rings. The van der Waals surface area contributed by atoms with Crippen molar-refractivity contribution in [1.29, 1.82) is 0 Å². The van der Waals surface area contributed by atoms with Crippen LogP contribution in [-0.2, 0) is 6.18 Å². The van der Waals surface area contributed by atoms with Crippen LogP contribution in [0.2, 0.25) is 0 Å². The second-order valence-electron chi connectivity index (χ2n) is 8.42. The number of pyridine rings is 1. The molecule has 0 radical (unpaired) electrons. The summed E-state index contributed by atoms with van der Waals surface area (Å²) in [6.07, 6.45) is -6.57. The third-order valence-corrected chi connectivity index (χ3v) is 6.35. The summed E-state index contributed by atoms with van der Waals surface area (Å²) in [7, 11) is 0. The predicted octanol–water partition coefficient (Wildman–Crippen LogP) is 5.06. The summed E-state index contributed by atoms with van der Waals surface area (Å²) >= 11 is 0.931. The van der Waals surface area contributed by atoms with Gasteiger partial charge >= 0.3 is 12.4 Å². The van der Waals surface area contributed by atoms with Crippen molar-refractivity contribution < 1.29 is 35.9 Å². The van der Waals surface area contributed by atoms with Gasteiger partial charge in [0.2, 0.25) is 5.88 Å². The number of rotatable bonds is 8. The van der Waals surface area contributed by atoms with Crippen molar-refractivity contribution in [2.75, 3.05) is 30.3 Å². The molecule has 1 atom stereocenters. The van der Waals surface area contributed by atoms with Crippen LogP contribution in [0.15, 0.2) is 30.7 Å². The van der Waals surface area contributed by atoms with E-state index >= 15 is 0 Å². The Morgan fingerprint density at radius 1 is 1.13 bits per heavy atom. The Bertz CT molecular complexity index is 1250. The lowest BCUT2D eigenvalue weighted by Gasteiger charge is -2.17. The second-order valence-corrected chi connectivity index (χ2v) is 9.19. The van der Waals surface area contributed by atoms with E-state index in [9.17, 15) is 31.1 Å². The maximum Gasteiger partial charge on any atom is 0.434 e. The fourth-order valence-electron chi connectivity index (χ4n) is 3.65. The lowest BCUT2D eigenvalue weighted by molar-refractivity contribution is -0.141. The lowest BCUT2D eigenvalue weighted by Crippen LogP contribution is -2.28. The first-order chi connectivity index (χ1) is 17.9. The van der Waals surface area contributed by atoms with E-state index in [0.717, 1.165) is 17.7 Å². The summed E-state index contributed by atoms with van der Waals surface area (Å²) < 4.78 is 85.2. The Balaban J connectivity index is 1.33. The van der Waals surface area contributed by atoms with Crippen molar-refractivity contribution >= 4 is 33.9 Å². The number of alkyl halides is 6. The van der Waals surface area contributed by atoms with Gasteiger partial charge < -0.3 is 15.4 Å². The van der Waals surface area contributed by atoms with Gasteiger partial charge in [0.15, 0.2) is 5.69 Å². The summed E-state index contributed by atoms with van der Waals surface area (Å²) in [6.45, 7) is 2.38. The number of carbonyl (C=O) groups is 1. The molecule has 1 aliphatic heterocycles. The van der Waals surface area contributed by atoms with Crippen LogP contribution < -0.4 is 15.4 Å². The first kappa shape index (κ1) is 27.5. The van der Waals surface area contributed by atoms with Crippen LogP contribution in [0.3, 0.4) is 0 Å². The van der Waals surface area contributed by atoms with Crippen LogP contribution >= 0.6 is 11.5 Å². The molecule has 0 aromatic carbocycles. The highest BCUT2D eigenvalue weighted by molar-refractivity contribution is 7.10. The smallest absolute Gasteiger partial charge is 0.434 e. The number of anilines is 3. The van der Waals surface area contributed by atoms with Crippen LogP contribution in [0.4, 0.5) is 42.8 Å². The number of hydrogen-bond donors (Lipinski definition) is 2. The van der Waals surface area contributed by atoms with E-state index in [0.29, 0.717) is 37.1 Å². The number of halogens is 6. The normalized spacial score (nSPS) is 16.4. The first-order valence-electron chi connectivity index (χ1n) is 11.2. The van der Waals surface area contributed by atoms with Gasteiger partial charge in [0.1, 0.15) is 16.9 Å². The zero-order valence-corrected chi connectivity index (χ0v) is 20.5. The van der Waals surface area contributed by atoms with E-state index in [-0.39, 0.29) is 34.9 Å². The Morgan fingerprint density at radius 3 is 2.55 bits per heavy atom. The second kappa shape index (κ2) is 11.1. The van der Waals surface area contributed by atoms with Gasteiger partial charge in [-0.1, -0.05) is 0 Å². The zero-order valence-electron chi connectivity index (χ0n) is 19.7. The van der Waals surface area contributed by atoms with Gasteiger partial charge in [-0.3, -0.25) is 9.69 Å². The average molecular weight is 562 g/mol. The minimum atomic E-state index is -4.62. The SMILES string of the molecule is Cc1nsc(Nc2cnc(C(F)(F)F)cn2)c1C(=O)Nc1ccc(O[C@H]2CCN(CCC(F)(F)F)C2)nc1. The molecule has 1 fully saturated rings. The highest BCUT2D eigenvalue weighted by Crippen LogP contribution is 2.30. The molecule has 0 aliphatic carbocycles. The fraction of sp³-hybridized carbons (Fsp3) is 0.409. The highest BCUT2D eigenvalue weighted by Gasteiger charge is 2.33. The molecule has 0 unspecified atom stereocenters. The molecule has 1 amide bonds. The lowest BCUT2D eigenvalue weighted by atomic mass is 10.2. The standard InChI is InChI=1S/C22H21F6N7O2S/c1-12-18(20(38-34-12)33-16-10-29-15(9-30-16)22(26,27)28)19(36)32-13-2-3-17(31-8-13)37-14-4-6-35(11-14)7-5-21(23,24)25/h2-3,8-10,14H,4-7,11H2,1H3,(H,30,33)(H,32,36)/t14-/m0/s1. The Kier molecular flexibility index (Phi) is 8.01. The summed E-state index contributed by atoms with van der Waals surface area (Å²) in [5.74, 6) is -0.268. The van der Waals surface area contributed by atoms with Crippen molar-refractivity contribution in [1.82, 2.24) is 24.2 Å². The van der Waals surface area contributed by atoms with E-state index in [2.05, 4.69) is 30.0 Å². The number of likely N-dealkylation sites (tertiary alicyclic amines) is 1. The summed E-state index contributed by atoms with van der Waals surface area (Å²) in [5.41, 5.74) is -0.249. The third-order valence-electron chi connectivity index (χ3n) is 5.50. The largest absolute Gasteiger partial charge is 0.473 e. The number of ether oxygens (including phenoxy) is 1. The van der Waals surface area contributed by atoms with E-state index in [1.54, 1.807) is 17.9 Å². The molecule has 16 heteroatoms. The number of nitrogens with one attached hydrogen (secondary N) is 2. The third kappa shape index (κ3) is 7.28. The van der Waals surface area contributed by atoms with Gasteiger partial charge in [-0.25, -0.2) is 15.0 Å². The molecule has 0 bridgehead atoms. The molecule has 4 rings (SSSR count). The maximum absolute atomic E-state index is 12.9. The molecule has 0 saturated carbocycles. The molecule has 4 heterocycles. The van der Waals surface area contributed by atoms with Gasteiger partial charge in [-0.2, -0.15) is 30.7 Å². The molecular weight excluding hydrogens is 540 g/mol. The van der Waals surface area contributed by atoms with Crippen LogP contribution in [0, 0.1) is 6.92 Å². The topological polar surface area (TPSA) is 105 Å². The van der Waals surface area contributed by atoms with Crippen LogP contribution in [0.1, 0.15) is 34.6 Å². The predicted molar refractivity (Wildman–Crippen MR) is 126 cm³/mol. The molecule has 3 aromatic heterocycles. The Labute approximate surface area is 216 Å². The van der Waals surface area contributed by atoms with Crippen molar-refractivity contribution in [2.24, 2.45) is 0 Å². The van der Waals surface area contributed by atoms with E-state index in [4.69, 9.17) is 4.74 Å². The van der Waals surface area contributed by atoms with E-state index < -0.39 is 30.4 Å². The van der Waals surface area contributed by atoms with Crippen LogP contribution in [-0.4, -0.2) is 62.0 Å². The van der Waals surface area contributed by atoms with Gasteiger partial charge in [0.25, 0.3) is 5.91 Å². The number of amides is 1. The van der Waals surface area contributed by atoms with Gasteiger partial charge in [0.05, 0.1) is 42.0 Å². The Hall–Kier alpha value is -3.53. The molecule has 1 aliphatic rings. The van der Waals surface area contributed by atoms with E-state index in [1.165, 1.54) is 12.3 Å². The zero-order chi connectivity index (χ0) is 27.5. The molecule has 9 nitrogen and oxygen atoms in total. The first-order valence-corrected chi connectivity index (χ1v) is 12.0. The van der Waals surface area contributed by atoms with Gasteiger partial charge in [0, 0.05) is 25.7 Å². The number of aromatic nitrogens is 4. The summed E-state index contributed by atoms with van der Waals surface area (Å²) in [6, 6.07) is 3.09. The van der Waals surface area contributed by atoms with Crippen molar-refractivity contribution in [3.63, 3.8) is 0 Å². The van der Waals surface area contributed by atoms with Crippen LogP contribution in [0.5, 0.6) is 5.88 Å². The number of aryl methyl sites for hydroxylation is 1. The average Bonchev–Trinajstić information content (AvgIpc) is 3.44. The number of hydrogen-bond acceptors (Lipinski definition) is 9. The maximum atomic E-state index is 12.9. The minimum absolute atomic E-state index is 0.00255. The fourth-order valence-corrected chi connectivity index (χ4v) is 4.45. The highest BCUT2D eigenvalue weighted by atomic mass is 32.1. The van der Waals surface area contributed by atoms with E-state index in [1.807, 2.05) is 0 Å². The van der Waals surface area contributed by atoms with Gasteiger partial charge in [-0.15, -0.1) is 0 Å². The molecule has 0 spiro atoms. The number of nitrogens with zero attached hydrogens (tertiary/aromatic N) is 5. The molecule has 1 saturated heterocycles. The van der Waals surface area contributed by atoms with Crippen LogP contribution in [0.25, 0.3) is 0 Å². The van der Waals surface area contributed by atoms with Gasteiger partial charge in [-0.05, 0) is 30.9 Å². The van der Waals surface area contributed by atoms with Crippen molar-refractivity contribution in [3.8, 4) is 5.88 Å². The minimum Gasteiger partial charge on any atom is -0.473 e. The molecular formula is C22H21F6N7O2S. The number of carbonyl (C=O) groups excluding carboxylic acids is 1. The summed E-state index contributed by atoms with van der Waals surface area (Å²) in [4.78, 5) is 25.8.